The van der Waals surface area contributed by atoms with E-state index in [1.54, 1.807) is 7.11 Å². The maximum atomic E-state index is 11.9. The highest BCUT2D eigenvalue weighted by Gasteiger charge is 2.14. The summed E-state index contributed by atoms with van der Waals surface area (Å²) in [6.45, 7) is 2.58. The fraction of sp³-hybridized carbons (Fsp3) is 0.538. The molecule has 18 heavy (non-hydrogen) atoms. The Morgan fingerprint density at radius 3 is 2.61 bits per heavy atom. The van der Waals surface area contributed by atoms with Gasteiger partial charge in [0, 0.05) is 12.1 Å². The monoisotopic (exact) mass is 271 g/mol. The molecule has 1 N–H and O–H groups in total. The summed E-state index contributed by atoms with van der Waals surface area (Å²) in [4.78, 5) is 0. The van der Waals surface area contributed by atoms with Crippen LogP contribution in [0, 0.1) is 0 Å². The van der Waals surface area contributed by atoms with Gasteiger partial charge in [-0.1, -0.05) is 13.0 Å². The van der Waals surface area contributed by atoms with Crippen LogP contribution in [0.3, 0.4) is 0 Å². The topological polar surface area (TPSA) is 55.4 Å². The first-order valence-corrected chi connectivity index (χ1v) is 7.85. The van der Waals surface area contributed by atoms with Gasteiger partial charge in [0.25, 0.3) is 0 Å². The number of sulfone groups is 1. The van der Waals surface area contributed by atoms with E-state index in [2.05, 4.69) is 5.32 Å². The van der Waals surface area contributed by atoms with Crippen molar-refractivity contribution in [1.29, 1.82) is 0 Å². The van der Waals surface area contributed by atoms with Crippen LogP contribution >= 0.6 is 0 Å². The fourth-order valence-electron chi connectivity index (χ4n) is 1.88. The molecule has 0 heterocycles. The van der Waals surface area contributed by atoms with Crippen LogP contribution in [0.1, 0.15) is 24.5 Å². The van der Waals surface area contributed by atoms with Crippen molar-refractivity contribution in [2.75, 3.05) is 19.9 Å². The molecule has 102 valence electrons. The zero-order valence-electron chi connectivity index (χ0n) is 11.2. The van der Waals surface area contributed by atoms with E-state index < -0.39 is 9.84 Å². The van der Waals surface area contributed by atoms with Crippen molar-refractivity contribution in [3.63, 3.8) is 0 Å². The predicted octanol–water partition coefficient (Wildman–Crippen LogP) is 1.74. The quantitative estimate of drug-likeness (QED) is 0.820. The summed E-state index contributed by atoms with van der Waals surface area (Å²) in [7, 11) is 0.368. The lowest BCUT2D eigenvalue weighted by Crippen LogP contribution is -2.11. The second kappa shape index (κ2) is 6.75. The second-order valence-electron chi connectivity index (χ2n) is 4.27. The SMILES string of the molecule is CCCS(=O)(=O)Cc1cc(CNC)ccc1OC. The van der Waals surface area contributed by atoms with Gasteiger partial charge in [-0.3, -0.25) is 0 Å². The number of hydrogen-bond acceptors (Lipinski definition) is 4. The van der Waals surface area contributed by atoms with Gasteiger partial charge in [-0.2, -0.15) is 0 Å². The molecule has 0 aliphatic rings. The molecule has 1 rings (SSSR count). The first kappa shape index (κ1) is 15.0. The summed E-state index contributed by atoms with van der Waals surface area (Å²) in [5.74, 6) is 0.892. The van der Waals surface area contributed by atoms with E-state index in [-0.39, 0.29) is 11.5 Å². The average molecular weight is 271 g/mol. The number of rotatable bonds is 7. The van der Waals surface area contributed by atoms with Crippen LogP contribution in [0.2, 0.25) is 0 Å². The van der Waals surface area contributed by atoms with Crippen LogP contribution in [0.15, 0.2) is 18.2 Å². The zero-order chi connectivity index (χ0) is 13.6. The Hall–Kier alpha value is -1.07. The number of benzene rings is 1. The van der Waals surface area contributed by atoms with Crippen molar-refractivity contribution in [3.8, 4) is 5.75 Å². The van der Waals surface area contributed by atoms with Gasteiger partial charge in [-0.25, -0.2) is 8.42 Å². The van der Waals surface area contributed by atoms with E-state index in [4.69, 9.17) is 4.74 Å². The molecular formula is C13H21NO3S. The van der Waals surface area contributed by atoms with Gasteiger partial charge in [0.1, 0.15) is 5.75 Å². The molecule has 0 atom stereocenters. The van der Waals surface area contributed by atoms with Crippen molar-refractivity contribution >= 4 is 9.84 Å². The maximum absolute atomic E-state index is 11.9. The molecule has 0 aliphatic carbocycles. The number of hydrogen-bond donors (Lipinski definition) is 1. The van der Waals surface area contributed by atoms with Gasteiger partial charge in [-0.15, -0.1) is 0 Å². The molecule has 4 nitrogen and oxygen atoms in total. The Morgan fingerprint density at radius 1 is 1.33 bits per heavy atom. The second-order valence-corrected chi connectivity index (χ2v) is 6.45. The molecule has 0 saturated carbocycles. The molecule has 0 saturated heterocycles. The van der Waals surface area contributed by atoms with Gasteiger partial charge in [-0.05, 0) is 31.2 Å². The summed E-state index contributed by atoms with van der Waals surface area (Å²) < 4.78 is 28.9. The molecule has 0 aliphatic heterocycles. The highest BCUT2D eigenvalue weighted by molar-refractivity contribution is 7.90. The van der Waals surface area contributed by atoms with Gasteiger partial charge in [0.05, 0.1) is 18.6 Å². The molecule has 0 radical (unpaired) electrons. The normalized spacial score (nSPS) is 11.5. The summed E-state index contributed by atoms with van der Waals surface area (Å²) in [5, 5.41) is 3.05. The summed E-state index contributed by atoms with van der Waals surface area (Å²) in [6.07, 6.45) is 0.640. The largest absolute Gasteiger partial charge is 0.496 e. The summed E-state index contributed by atoms with van der Waals surface area (Å²) in [6, 6.07) is 5.65. The first-order chi connectivity index (χ1) is 8.52. The van der Waals surface area contributed by atoms with Crippen molar-refractivity contribution in [2.24, 2.45) is 0 Å². The molecule has 0 fully saturated rings. The van der Waals surface area contributed by atoms with Crippen molar-refractivity contribution in [3.05, 3.63) is 29.3 Å². The lowest BCUT2D eigenvalue weighted by Gasteiger charge is -2.11. The fourth-order valence-corrected chi connectivity index (χ4v) is 3.34. The van der Waals surface area contributed by atoms with Crippen LogP contribution in [-0.2, 0) is 22.1 Å². The van der Waals surface area contributed by atoms with Gasteiger partial charge in [0.15, 0.2) is 9.84 Å². The molecule has 0 aromatic heterocycles. The van der Waals surface area contributed by atoms with Crippen LogP contribution < -0.4 is 10.1 Å². The summed E-state index contributed by atoms with van der Waals surface area (Å²) >= 11 is 0. The smallest absolute Gasteiger partial charge is 0.154 e. The molecule has 0 spiro atoms. The third-order valence-electron chi connectivity index (χ3n) is 2.62. The molecular weight excluding hydrogens is 250 g/mol. The van der Waals surface area contributed by atoms with E-state index in [1.807, 2.05) is 32.2 Å². The van der Waals surface area contributed by atoms with Crippen molar-refractivity contribution in [1.82, 2.24) is 5.32 Å². The van der Waals surface area contributed by atoms with Gasteiger partial charge >= 0.3 is 0 Å². The third kappa shape index (κ3) is 4.31. The molecule has 0 bridgehead atoms. The Bertz CT molecular complexity index is 483. The Morgan fingerprint density at radius 2 is 2.06 bits per heavy atom. The van der Waals surface area contributed by atoms with Crippen LogP contribution in [0.4, 0.5) is 0 Å². The lowest BCUT2D eigenvalue weighted by atomic mass is 10.1. The van der Waals surface area contributed by atoms with Gasteiger partial charge in [0.2, 0.25) is 0 Å². The van der Waals surface area contributed by atoms with E-state index in [0.29, 0.717) is 18.7 Å². The Kier molecular flexibility index (Phi) is 5.62. The average Bonchev–Trinajstić information content (AvgIpc) is 2.29. The zero-order valence-corrected chi connectivity index (χ0v) is 12.0. The van der Waals surface area contributed by atoms with Crippen molar-refractivity contribution in [2.45, 2.75) is 25.6 Å². The standard InChI is InChI=1S/C13H21NO3S/c1-4-7-18(15,16)10-12-8-11(9-14-2)5-6-13(12)17-3/h5-6,8,14H,4,7,9-10H2,1-3H3. The third-order valence-corrected chi connectivity index (χ3v) is 4.40. The van der Waals surface area contributed by atoms with E-state index in [9.17, 15) is 8.42 Å². The molecule has 0 amide bonds. The predicted molar refractivity (Wildman–Crippen MR) is 73.5 cm³/mol. The van der Waals surface area contributed by atoms with Crippen LogP contribution in [0.25, 0.3) is 0 Å². The minimum absolute atomic E-state index is 0.0432. The van der Waals surface area contributed by atoms with Gasteiger partial charge < -0.3 is 10.1 Å². The van der Waals surface area contributed by atoms with E-state index in [1.165, 1.54) is 0 Å². The highest BCUT2D eigenvalue weighted by Crippen LogP contribution is 2.22. The minimum atomic E-state index is -3.05. The molecule has 1 aromatic rings. The minimum Gasteiger partial charge on any atom is -0.496 e. The number of nitrogens with one attached hydrogen (secondary N) is 1. The highest BCUT2D eigenvalue weighted by atomic mass is 32.2. The molecule has 5 heteroatoms. The van der Waals surface area contributed by atoms with Crippen LogP contribution in [-0.4, -0.2) is 28.3 Å². The molecule has 0 unspecified atom stereocenters. The Balaban J connectivity index is 3.01. The van der Waals surface area contributed by atoms with E-state index in [0.717, 1.165) is 11.1 Å². The molecule has 1 aromatic carbocycles. The number of methoxy groups -OCH3 is 1. The van der Waals surface area contributed by atoms with E-state index >= 15 is 0 Å². The first-order valence-electron chi connectivity index (χ1n) is 6.03. The van der Waals surface area contributed by atoms with Crippen molar-refractivity contribution < 1.29 is 13.2 Å². The maximum Gasteiger partial charge on any atom is 0.154 e. The Labute approximate surface area is 109 Å². The summed E-state index contributed by atoms with van der Waals surface area (Å²) in [5.41, 5.74) is 1.79. The van der Waals surface area contributed by atoms with Crippen LogP contribution in [0.5, 0.6) is 5.75 Å². The lowest BCUT2D eigenvalue weighted by molar-refractivity contribution is 0.410. The number of ether oxygens (including phenoxy) is 1.